The Morgan fingerprint density at radius 3 is 2.06 bits per heavy atom. The lowest BCUT2D eigenvalue weighted by Crippen LogP contribution is -1.90. The van der Waals surface area contributed by atoms with Gasteiger partial charge in [0.25, 0.3) is 0 Å². The number of rotatable bonds is 5. The van der Waals surface area contributed by atoms with Crippen LogP contribution >= 0.6 is 0 Å². The van der Waals surface area contributed by atoms with Crippen LogP contribution in [-0.4, -0.2) is 4.98 Å². The molecule has 0 bridgehead atoms. The zero-order valence-electron chi connectivity index (χ0n) is 20.3. The van der Waals surface area contributed by atoms with Gasteiger partial charge in [-0.2, -0.15) is 0 Å². The number of H-pyrrole nitrogens is 1. The summed E-state index contributed by atoms with van der Waals surface area (Å²) in [6, 6.07) is 43.0. The number of fused-ring (bicyclic) bond motifs is 3. The fourth-order valence-corrected chi connectivity index (χ4v) is 5.01. The standard InChI is InChI=1S/C35H27N/c1-24(26-11-5-3-6-12-26)21-25(2)30-19-17-28(22-32(30)27-13-7-4-8-14-27)29-18-20-35-33(23-29)31-15-9-10-16-34(31)36-35/h3-23,36H,2H2,1H3/b24-21+. The Morgan fingerprint density at radius 2 is 1.25 bits per heavy atom. The minimum absolute atomic E-state index is 1.01. The van der Waals surface area contributed by atoms with Crippen LogP contribution in [0.2, 0.25) is 0 Å². The molecule has 0 aliphatic heterocycles. The number of hydrogen-bond donors (Lipinski definition) is 1. The lowest BCUT2D eigenvalue weighted by atomic mass is 9.90. The molecule has 0 amide bonds. The van der Waals surface area contributed by atoms with Crippen LogP contribution in [0.4, 0.5) is 0 Å². The molecule has 5 aromatic carbocycles. The summed E-state index contributed by atoms with van der Waals surface area (Å²) in [7, 11) is 0. The number of para-hydroxylation sites is 1. The summed E-state index contributed by atoms with van der Waals surface area (Å²) in [5.74, 6) is 0. The van der Waals surface area contributed by atoms with Crippen LogP contribution < -0.4 is 0 Å². The van der Waals surface area contributed by atoms with E-state index in [1.807, 2.05) is 6.07 Å². The first kappa shape index (κ1) is 21.9. The Hall–Kier alpha value is -4.62. The highest BCUT2D eigenvalue weighted by molar-refractivity contribution is 6.08. The maximum Gasteiger partial charge on any atom is 0.0465 e. The molecule has 36 heavy (non-hydrogen) atoms. The summed E-state index contributed by atoms with van der Waals surface area (Å²) in [6.07, 6.45) is 2.19. The van der Waals surface area contributed by atoms with E-state index in [-0.39, 0.29) is 0 Å². The summed E-state index contributed by atoms with van der Waals surface area (Å²) in [6.45, 7) is 6.61. The molecule has 0 atom stereocenters. The van der Waals surface area contributed by atoms with Crippen molar-refractivity contribution >= 4 is 33.0 Å². The monoisotopic (exact) mass is 461 g/mol. The van der Waals surface area contributed by atoms with E-state index in [0.717, 1.165) is 16.7 Å². The van der Waals surface area contributed by atoms with E-state index in [1.54, 1.807) is 0 Å². The normalized spacial score (nSPS) is 11.8. The van der Waals surface area contributed by atoms with E-state index in [4.69, 9.17) is 0 Å². The fraction of sp³-hybridized carbons (Fsp3) is 0.0286. The summed E-state index contributed by atoms with van der Waals surface area (Å²) >= 11 is 0. The highest BCUT2D eigenvalue weighted by Crippen LogP contribution is 2.36. The molecule has 1 heteroatoms. The van der Waals surface area contributed by atoms with E-state index in [0.29, 0.717) is 0 Å². The molecule has 0 saturated carbocycles. The van der Waals surface area contributed by atoms with Crippen LogP contribution in [-0.2, 0) is 0 Å². The number of hydrogen-bond acceptors (Lipinski definition) is 0. The third-order valence-corrected chi connectivity index (χ3v) is 6.91. The first-order valence-electron chi connectivity index (χ1n) is 12.3. The second-order valence-corrected chi connectivity index (χ2v) is 9.28. The van der Waals surface area contributed by atoms with Crippen LogP contribution in [0.15, 0.2) is 134 Å². The third-order valence-electron chi connectivity index (χ3n) is 6.91. The van der Waals surface area contributed by atoms with Crippen LogP contribution in [0.1, 0.15) is 18.1 Å². The first-order valence-corrected chi connectivity index (χ1v) is 12.3. The van der Waals surface area contributed by atoms with Gasteiger partial charge < -0.3 is 4.98 Å². The molecule has 0 radical (unpaired) electrons. The number of allylic oxidation sites excluding steroid dienone is 3. The zero-order valence-corrected chi connectivity index (χ0v) is 20.3. The second-order valence-electron chi connectivity index (χ2n) is 9.28. The first-order chi connectivity index (χ1) is 17.7. The Labute approximate surface area is 212 Å². The zero-order chi connectivity index (χ0) is 24.5. The molecule has 1 aromatic heterocycles. The highest BCUT2D eigenvalue weighted by Gasteiger charge is 2.12. The van der Waals surface area contributed by atoms with Gasteiger partial charge in [-0.1, -0.05) is 110 Å². The molecule has 1 nitrogen and oxygen atoms in total. The molecule has 0 fully saturated rings. The molecular formula is C35H27N. The number of aromatic nitrogens is 1. The summed E-state index contributed by atoms with van der Waals surface area (Å²) < 4.78 is 0. The van der Waals surface area contributed by atoms with Crippen LogP contribution in [0, 0.1) is 0 Å². The van der Waals surface area contributed by atoms with Crippen molar-refractivity contribution in [1.29, 1.82) is 0 Å². The van der Waals surface area contributed by atoms with Crippen molar-refractivity contribution in [3.63, 3.8) is 0 Å². The third kappa shape index (κ3) is 4.06. The number of aromatic amines is 1. The molecular weight excluding hydrogens is 434 g/mol. The Balaban J connectivity index is 1.46. The minimum Gasteiger partial charge on any atom is -0.355 e. The van der Waals surface area contributed by atoms with Crippen LogP contribution in [0.3, 0.4) is 0 Å². The summed E-state index contributed by atoms with van der Waals surface area (Å²) in [5.41, 5.74) is 11.7. The maximum absolute atomic E-state index is 4.47. The fourth-order valence-electron chi connectivity index (χ4n) is 5.01. The van der Waals surface area contributed by atoms with Crippen molar-refractivity contribution in [2.75, 3.05) is 0 Å². The summed E-state index contributed by atoms with van der Waals surface area (Å²) in [5, 5.41) is 2.50. The van der Waals surface area contributed by atoms with E-state index in [9.17, 15) is 0 Å². The van der Waals surface area contributed by atoms with Crippen molar-refractivity contribution in [2.45, 2.75) is 6.92 Å². The molecule has 6 aromatic rings. The Kier molecular flexibility index (Phi) is 5.59. The van der Waals surface area contributed by atoms with E-state index in [2.05, 4.69) is 140 Å². The molecule has 1 heterocycles. The van der Waals surface area contributed by atoms with E-state index in [1.165, 1.54) is 49.7 Å². The maximum atomic E-state index is 4.47. The van der Waals surface area contributed by atoms with Crippen molar-refractivity contribution in [3.8, 4) is 22.3 Å². The van der Waals surface area contributed by atoms with Gasteiger partial charge in [0, 0.05) is 21.8 Å². The highest BCUT2D eigenvalue weighted by atomic mass is 14.7. The lowest BCUT2D eigenvalue weighted by Gasteiger charge is -2.14. The molecule has 6 rings (SSSR count). The van der Waals surface area contributed by atoms with Gasteiger partial charge in [-0.05, 0) is 75.7 Å². The van der Waals surface area contributed by atoms with Gasteiger partial charge in [0.05, 0.1) is 0 Å². The van der Waals surface area contributed by atoms with Gasteiger partial charge in [-0.3, -0.25) is 0 Å². The number of nitrogens with one attached hydrogen (secondary N) is 1. The van der Waals surface area contributed by atoms with E-state index < -0.39 is 0 Å². The van der Waals surface area contributed by atoms with Crippen LogP contribution in [0.5, 0.6) is 0 Å². The van der Waals surface area contributed by atoms with E-state index >= 15 is 0 Å². The molecule has 1 N–H and O–H groups in total. The number of benzene rings is 5. The van der Waals surface area contributed by atoms with Crippen molar-refractivity contribution in [1.82, 2.24) is 4.98 Å². The van der Waals surface area contributed by atoms with Gasteiger partial charge in [0.1, 0.15) is 0 Å². The average molecular weight is 462 g/mol. The molecule has 0 aliphatic carbocycles. The second kappa shape index (κ2) is 9.20. The topological polar surface area (TPSA) is 15.8 Å². The molecule has 0 aliphatic rings. The largest absolute Gasteiger partial charge is 0.355 e. The van der Waals surface area contributed by atoms with Gasteiger partial charge in [-0.25, -0.2) is 0 Å². The summed E-state index contributed by atoms with van der Waals surface area (Å²) in [4.78, 5) is 3.53. The van der Waals surface area contributed by atoms with Gasteiger partial charge in [0.2, 0.25) is 0 Å². The lowest BCUT2D eigenvalue weighted by molar-refractivity contribution is 1.53. The van der Waals surface area contributed by atoms with Gasteiger partial charge in [-0.15, -0.1) is 0 Å². The molecule has 0 unspecified atom stereocenters. The predicted octanol–water partition coefficient (Wildman–Crippen LogP) is 9.77. The van der Waals surface area contributed by atoms with Gasteiger partial charge >= 0.3 is 0 Å². The van der Waals surface area contributed by atoms with Crippen molar-refractivity contribution in [3.05, 3.63) is 145 Å². The Morgan fingerprint density at radius 1 is 0.611 bits per heavy atom. The smallest absolute Gasteiger partial charge is 0.0465 e. The SMILES string of the molecule is C=C(/C=C(\C)c1ccccc1)c1ccc(-c2ccc3[nH]c4ccccc4c3c2)cc1-c1ccccc1. The molecule has 172 valence electrons. The minimum atomic E-state index is 1.01. The van der Waals surface area contributed by atoms with Gasteiger partial charge in [0.15, 0.2) is 0 Å². The Bertz CT molecular complexity index is 1730. The van der Waals surface area contributed by atoms with Crippen molar-refractivity contribution < 1.29 is 0 Å². The quantitative estimate of drug-likeness (QED) is 0.246. The van der Waals surface area contributed by atoms with Crippen molar-refractivity contribution in [2.24, 2.45) is 0 Å². The predicted molar refractivity (Wildman–Crippen MR) is 156 cm³/mol. The molecule has 0 spiro atoms. The molecule has 0 saturated heterocycles. The average Bonchev–Trinajstić information content (AvgIpc) is 3.31. The van der Waals surface area contributed by atoms with Crippen LogP contribution in [0.25, 0.3) is 55.2 Å².